The Morgan fingerprint density at radius 1 is 1.47 bits per heavy atom. The number of hydrogen-bond donors (Lipinski definition) is 1. The number of carbonyl (C=O) groups excluding carboxylic acids is 1. The van der Waals surface area contributed by atoms with Gasteiger partial charge in [0.15, 0.2) is 0 Å². The van der Waals surface area contributed by atoms with Crippen LogP contribution in [-0.4, -0.2) is 11.8 Å². The predicted molar refractivity (Wildman–Crippen MR) is 50.0 cm³/mol. The summed E-state index contributed by atoms with van der Waals surface area (Å²) in [5, 5.41) is 0. The molecule has 1 aromatic carbocycles. The highest BCUT2D eigenvalue weighted by atomic mass is 35.5. The summed E-state index contributed by atoms with van der Waals surface area (Å²) in [6.07, 6.45) is 0. The Hall–Kier alpha value is -1.20. The molecule has 0 saturated heterocycles. The van der Waals surface area contributed by atoms with E-state index in [1.54, 1.807) is 0 Å². The molecule has 1 N–H and O–H groups in total. The lowest BCUT2D eigenvalue weighted by atomic mass is 10.2. The van der Waals surface area contributed by atoms with Gasteiger partial charge in [0.05, 0.1) is 0 Å². The Labute approximate surface area is 89.9 Å². The summed E-state index contributed by atoms with van der Waals surface area (Å²) >= 11 is 5.17. The van der Waals surface area contributed by atoms with E-state index in [0.717, 1.165) is 12.1 Å². The number of benzene rings is 1. The van der Waals surface area contributed by atoms with Gasteiger partial charge < -0.3 is 0 Å². The zero-order valence-corrected chi connectivity index (χ0v) is 8.35. The minimum atomic E-state index is -0.727. The third-order valence-electron chi connectivity index (χ3n) is 1.55. The number of alkyl halides is 1. The van der Waals surface area contributed by atoms with Crippen LogP contribution in [0.25, 0.3) is 0 Å². The fourth-order valence-corrected chi connectivity index (χ4v) is 0.915. The van der Waals surface area contributed by atoms with E-state index in [4.69, 9.17) is 11.6 Å². The van der Waals surface area contributed by atoms with Crippen LogP contribution in [0, 0.1) is 11.6 Å². The number of amides is 1. The van der Waals surface area contributed by atoms with Crippen molar-refractivity contribution in [3.05, 3.63) is 35.4 Å². The van der Waals surface area contributed by atoms with Gasteiger partial charge in [-0.3, -0.25) is 9.63 Å². The zero-order chi connectivity index (χ0) is 11.3. The van der Waals surface area contributed by atoms with Gasteiger partial charge in [-0.2, -0.15) is 0 Å². The van der Waals surface area contributed by atoms with Gasteiger partial charge in [-0.25, -0.2) is 14.3 Å². The topological polar surface area (TPSA) is 38.3 Å². The van der Waals surface area contributed by atoms with E-state index in [0.29, 0.717) is 0 Å². The fraction of sp³-hybridized carbons (Fsp3) is 0.222. The normalized spacial score (nSPS) is 10.1. The van der Waals surface area contributed by atoms with Crippen LogP contribution in [0.4, 0.5) is 8.78 Å². The standard InChI is InChI=1S/C9H8ClF2NO2/c10-4-9(14)13-15-5-6-1-2-7(11)3-8(6)12/h1-3H,4-5H2,(H,13,14). The maximum absolute atomic E-state index is 13.0. The summed E-state index contributed by atoms with van der Waals surface area (Å²) in [6.45, 7) is -0.186. The molecule has 0 saturated carbocycles. The van der Waals surface area contributed by atoms with Gasteiger partial charge >= 0.3 is 0 Å². The second kappa shape index (κ2) is 5.63. The summed E-state index contributed by atoms with van der Waals surface area (Å²) < 4.78 is 25.5. The van der Waals surface area contributed by atoms with Crippen LogP contribution in [0.5, 0.6) is 0 Å². The molecular formula is C9H8ClF2NO2. The number of halogens is 3. The van der Waals surface area contributed by atoms with Crippen LogP contribution in [0.15, 0.2) is 18.2 Å². The van der Waals surface area contributed by atoms with Gasteiger partial charge in [0.1, 0.15) is 24.1 Å². The van der Waals surface area contributed by atoms with Gasteiger partial charge in [0, 0.05) is 11.6 Å². The lowest BCUT2D eigenvalue weighted by Crippen LogP contribution is -2.24. The first-order valence-corrected chi connectivity index (χ1v) is 4.57. The van der Waals surface area contributed by atoms with Gasteiger partial charge in [-0.1, -0.05) is 6.07 Å². The number of hydroxylamine groups is 1. The van der Waals surface area contributed by atoms with Crippen molar-refractivity contribution in [2.45, 2.75) is 6.61 Å². The summed E-state index contributed by atoms with van der Waals surface area (Å²) in [4.78, 5) is 15.3. The molecule has 1 rings (SSSR count). The summed E-state index contributed by atoms with van der Waals surface area (Å²) in [5.41, 5.74) is 2.14. The van der Waals surface area contributed by atoms with E-state index in [2.05, 4.69) is 4.84 Å². The van der Waals surface area contributed by atoms with E-state index in [1.165, 1.54) is 6.07 Å². The van der Waals surface area contributed by atoms with E-state index in [1.807, 2.05) is 5.48 Å². The smallest absolute Gasteiger partial charge is 0.258 e. The highest BCUT2D eigenvalue weighted by molar-refractivity contribution is 6.27. The van der Waals surface area contributed by atoms with Crippen LogP contribution in [0.2, 0.25) is 0 Å². The molecule has 1 amide bonds. The van der Waals surface area contributed by atoms with E-state index in [-0.39, 0.29) is 18.1 Å². The largest absolute Gasteiger partial charge is 0.271 e. The van der Waals surface area contributed by atoms with Gasteiger partial charge in [-0.15, -0.1) is 11.6 Å². The number of carbonyl (C=O) groups is 1. The molecule has 0 bridgehead atoms. The first-order chi connectivity index (χ1) is 7.13. The monoisotopic (exact) mass is 235 g/mol. The van der Waals surface area contributed by atoms with Crippen LogP contribution in [-0.2, 0) is 16.2 Å². The zero-order valence-electron chi connectivity index (χ0n) is 7.60. The van der Waals surface area contributed by atoms with Crippen LogP contribution >= 0.6 is 11.6 Å². The maximum Gasteiger partial charge on any atom is 0.258 e. The molecule has 0 aliphatic rings. The quantitative estimate of drug-likeness (QED) is 0.638. The van der Waals surface area contributed by atoms with Crippen molar-refractivity contribution in [2.24, 2.45) is 0 Å². The summed E-state index contributed by atoms with van der Waals surface area (Å²) in [6, 6.07) is 3.07. The molecule has 0 atom stereocenters. The molecule has 0 aromatic heterocycles. The molecule has 0 radical (unpaired) electrons. The molecule has 82 valence electrons. The van der Waals surface area contributed by atoms with Crippen molar-refractivity contribution in [3.63, 3.8) is 0 Å². The Balaban J connectivity index is 2.47. The highest BCUT2D eigenvalue weighted by Crippen LogP contribution is 2.09. The van der Waals surface area contributed by atoms with Crippen LogP contribution in [0.3, 0.4) is 0 Å². The first-order valence-electron chi connectivity index (χ1n) is 4.04. The molecule has 0 fully saturated rings. The van der Waals surface area contributed by atoms with Gasteiger partial charge in [0.25, 0.3) is 5.91 Å². The third kappa shape index (κ3) is 3.81. The molecule has 6 heteroatoms. The molecule has 1 aromatic rings. The van der Waals surface area contributed by atoms with Crippen molar-refractivity contribution in [3.8, 4) is 0 Å². The fourth-order valence-electron chi connectivity index (χ4n) is 0.860. The Kier molecular flexibility index (Phi) is 4.45. The Morgan fingerprint density at radius 2 is 2.20 bits per heavy atom. The highest BCUT2D eigenvalue weighted by Gasteiger charge is 2.04. The number of rotatable bonds is 4. The second-order valence-electron chi connectivity index (χ2n) is 2.68. The van der Waals surface area contributed by atoms with Crippen LogP contribution in [0.1, 0.15) is 5.56 Å². The predicted octanol–water partition coefficient (Wildman–Crippen LogP) is 1.75. The van der Waals surface area contributed by atoms with Crippen molar-refractivity contribution in [1.82, 2.24) is 5.48 Å². The SMILES string of the molecule is O=C(CCl)NOCc1ccc(F)cc1F. The van der Waals surface area contributed by atoms with Crippen molar-refractivity contribution in [1.29, 1.82) is 0 Å². The summed E-state index contributed by atoms with van der Waals surface area (Å²) in [5.74, 6) is -2.17. The average Bonchev–Trinajstić information content (AvgIpc) is 2.21. The lowest BCUT2D eigenvalue weighted by Gasteiger charge is -2.05. The Bertz CT molecular complexity index is 360. The van der Waals surface area contributed by atoms with E-state index in [9.17, 15) is 13.6 Å². The molecule has 0 unspecified atom stereocenters. The average molecular weight is 236 g/mol. The molecule has 0 spiro atoms. The summed E-state index contributed by atoms with van der Waals surface area (Å²) in [7, 11) is 0. The molecule has 0 heterocycles. The Morgan fingerprint density at radius 3 is 2.80 bits per heavy atom. The first kappa shape index (κ1) is 11.9. The van der Waals surface area contributed by atoms with E-state index < -0.39 is 17.5 Å². The van der Waals surface area contributed by atoms with Crippen molar-refractivity contribution >= 4 is 17.5 Å². The minimum Gasteiger partial charge on any atom is -0.271 e. The van der Waals surface area contributed by atoms with Crippen molar-refractivity contribution in [2.75, 3.05) is 5.88 Å². The maximum atomic E-state index is 13.0. The molecule has 0 aliphatic heterocycles. The molecule has 0 aliphatic carbocycles. The molecule has 15 heavy (non-hydrogen) atoms. The third-order valence-corrected chi connectivity index (χ3v) is 1.79. The van der Waals surface area contributed by atoms with Crippen molar-refractivity contribution < 1.29 is 18.4 Å². The van der Waals surface area contributed by atoms with Gasteiger partial charge in [0.2, 0.25) is 0 Å². The van der Waals surface area contributed by atoms with Gasteiger partial charge in [-0.05, 0) is 6.07 Å². The molecular weight excluding hydrogens is 228 g/mol. The van der Waals surface area contributed by atoms with Crippen LogP contribution < -0.4 is 5.48 Å². The minimum absolute atomic E-state index is 0.145. The van der Waals surface area contributed by atoms with E-state index >= 15 is 0 Å². The lowest BCUT2D eigenvalue weighted by molar-refractivity contribution is -0.131. The molecule has 3 nitrogen and oxygen atoms in total. The second-order valence-corrected chi connectivity index (χ2v) is 2.95. The number of hydrogen-bond acceptors (Lipinski definition) is 2. The number of nitrogens with one attached hydrogen (secondary N) is 1.